The van der Waals surface area contributed by atoms with E-state index in [1.165, 1.54) is 70.6 Å². The van der Waals surface area contributed by atoms with Crippen LogP contribution in [0.1, 0.15) is 77.0 Å². The molecule has 134 valence electrons. The number of hydrogen-bond donors (Lipinski definition) is 0. The first-order valence-corrected chi connectivity index (χ1v) is 11.3. The molecule has 0 saturated heterocycles. The van der Waals surface area contributed by atoms with Gasteiger partial charge in [0.05, 0.1) is 0 Å². The van der Waals surface area contributed by atoms with Crippen molar-refractivity contribution in [2.45, 2.75) is 77.0 Å². The van der Waals surface area contributed by atoms with Crippen molar-refractivity contribution in [3.05, 3.63) is 0 Å². The van der Waals surface area contributed by atoms with E-state index < -0.39 is 0 Å². The van der Waals surface area contributed by atoms with Crippen LogP contribution in [0.25, 0.3) is 0 Å². The average molecular weight is 338 g/mol. The third-order valence-electron chi connectivity index (χ3n) is 11.1. The van der Waals surface area contributed by atoms with Gasteiger partial charge in [0.15, 0.2) is 0 Å². The van der Waals surface area contributed by atoms with Crippen molar-refractivity contribution in [2.24, 2.45) is 51.8 Å². The lowest BCUT2D eigenvalue weighted by molar-refractivity contribution is -0.139. The highest BCUT2D eigenvalue weighted by molar-refractivity contribution is 5.99. The molecule has 0 N–H and O–H groups in total. The van der Waals surface area contributed by atoms with Gasteiger partial charge in [-0.25, -0.2) is 0 Å². The summed E-state index contributed by atoms with van der Waals surface area (Å²) in [5, 5.41) is 0. The zero-order chi connectivity index (χ0) is 16.6. The molecule has 2 heteroatoms. The first-order chi connectivity index (χ1) is 12.2. The molecule has 7 aliphatic rings. The van der Waals surface area contributed by atoms with Gasteiger partial charge in [-0.1, -0.05) is 32.1 Å². The smallest absolute Gasteiger partial charge is 0.146 e. The van der Waals surface area contributed by atoms with E-state index in [1.807, 2.05) is 0 Å². The topological polar surface area (TPSA) is 34.1 Å². The maximum absolute atomic E-state index is 14.0. The quantitative estimate of drug-likeness (QED) is 0.649. The van der Waals surface area contributed by atoms with E-state index in [-0.39, 0.29) is 16.2 Å². The first-order valence-electron chi connectivity index (χ1n) is 11.3. The number of fused-ring (bicyclic) bond motifs is 3. The Labute approximate surface area is 150 Å². The van der Waals surface area contributed by atoms with Crippen LogP contribution in [0.2, 0.25) is 0 Å². The monoisotopic (exact) mass is 338 g/mol. The van der Waals surface area contributed by atoms with Crippen LogP contribution in [0, 0.1) is 51.8 Å². The molecule has 0 aromatic carbocycles. The molecule has 0 aliphatic heterocycles. The van der Waals surface area contributed by atoms with Crippen LogP contribution < -0.4 is 0 Å². The molecule has 7 atom stereocenters. The van der Waals surface area contributed by atoms with Crippen LogP contribution in [-0.2, 0) is 9.59 Å². The molecule has 7 fully saturated rings. The Morgan fingerprint density at radius 3 is 2.12 bits per heavy atom. The molecule has 3 spiro atoms. The van der Waals surface area contributed by atoms with Crippen LogP contribution in [0.5, 0.6) is 0 Å². The van der Waals surface area contributed by atoms with Crippen LogP contribution in [0.3, 0.4) is 0 Å². The highest BCUT2D eigenvalue weighted by atomic mass is 16.1. The summed E-state index contributed by atoms with van der Waals surface area (Å²) in [5.74, 6) is 4.65. The van der Waals surface area contributed by atoms with Crippen molar-refractivity contribution < 1.29 is 9.59 Å². The lowest BCUT2D eigenvalue weighted by Gasteiger charge is -2.37. The molecule has 0 aromatic rings. The summed E-state index contributed by atoms with van der Waals surface area (Å²) in [6.07, 6.45) is 14.6. The maximum atomic E-state index is 14.0. The summed E-state index contributed by atoms with van der Waals surface area (Å²) in [6, 6.07) is 0. The van der Waals surface area contributed by atoms with Gasteiger partial charge in [-0.15, -0.1) is 0 Å². The predicted molar refractivity (Wildman–Crippen MR) is 93.7 cm³/mol. The minimum absolute atomic E-state index is 0.0328. The summed E-state index contributed by atoms with van der Waals surface area (Å²) in [5.41, 5.74) is 0.0949. The maximum Gasteiger partial charge on any atom is 0.146 e. The van der Waals surface area contributed by atoms with Crippen molar-refractivity contribution in [2.75, 3.05) is 0 Å². The number of hydrogen-bond acceptors (Lipinski definition) is 2. The van der Waals surface area contributed by atoms with Gasteiger partial charge in [-0.05, 0) is 74.5 Å². The number of carbonyl (C=O) groups is 2. The summed E-state index contributed by atoms with van der Waals surface area (Å²) >= 11 is 0. The largest absolute Gasteiger partial charge is 0.299 e. The van der Waals surface area contributed by atoms with Gasteiger partial charge in [0.25, 0.3) is 0 Å². The van der Waals surface area contributed by atoms with E-state index in [1.54, 1.807) is 0 Å². The fourth-order valence-corrected chi connectivity index (χ4v) is 10.8. The first kappa shape index (κ1) is 14.4. The molecule has 7 unspecified atom stereocenters. The fourth-order valence-electron chi connectivity index (χ4n) is 10.8. The molecule has 7 rings (SSSR count). The predicted octanol–water partition coefficient (Wildman–Crippen LogP) is 4.56. The molecule has 7 aliphatic carbocycles. The van der Waals surface area contributed by atoms with Crippen molar-refractivity contribution in [3.8, 4) is 0 Å². The summed E-state index contributed by atoms with van der Waals surface area (Å²) in [4.78, 5) is 27.7. The number of rotatable bonds is 0. The fraction of sp³-hybridized carbons (Fsp3) is 0.913. The average Bonchev–Trinajstić information content (AvgIpc) is 3.40. The van der Waals surface area contributed by atoms with E-state index >= 15 is 0 Å². The molecule has 2 nitrogen and oxygen atoms in total. The summed E-state index contributed by atoms with van der Waals surface area (Å²) in [7, 11) is 0. The molecule has 0 amide bonds. The number of carbonyl (C=O) groups excluding carboxylic acids is 2. The lowest BCUT2D eigenvalue weighted by atomic mass is 9.64. The Morgan fingerprint density at radius 2 is 1.40 bits per heavy atom. The van der Waals surface area contributed by atoms with E-state index in [0.717, 1.165) is 6.42 Å². The third-order valence-corrected chi connectivity index (χ3v) is 11.1. The molecule has 7 saturated carbocycles. The van der Waals surface area contributed by atoms with Gasteiger partial charge >= 0.3 is 0 Å². The molecule has 0 aromatic heterocycles. The highest BCUT2D eigenvalue weighted by Gasteiger charge is 2.84. The molecule has 0 bridgehead atoms. The van der Waals surface area contributed by atoms with Crippen LogP contribution in [0.4, 0.5) is 0 Å². The highest BCUT2D eigenvalue weighted by Crippen LogP contribution is 2.84. The van der Waals surface area contributed by atoms with Crippen molar-refractivity contribution in [1.29, 1.82) is 0 Å². The standard InChI is InChI=1S/C23H30O2/c24-19-17-13-6-5-11-23(13)18-15(22(20(23)25)9-3-4-10-22)12-14(16(17)18)21(19)7-1-2-8-21/h13-18H,1-12H2. The Balaban J connectivity index is 1.45. The minimum atomic E-state index is -0.0328. The van der Waals surface area contributed by atoms with Crippen LogP contribution in [-0.4, -0.2) is 11.6 Å². The molecule has 0 radical (unpaired) electrons. The van der Waals surface area contributed by atoms with E-state index in [0.29, 0.717) is 47.1 Å². The third kappa shape index (κ3) is 1.19. The van der Waals surface area contributed by atoms with Crippen molar-refractivity contribution in [3.63, 3.8) is 0 Å². The van der Waals surface area contributed by atoms with Crippen molar-refractivity contribution >= 4 is 11.6 Å². The Kier molecular flexibility index (Phi) is 2.36. The van der Waals surface area contributed by atoms with Gasteiger partial charge < -0.3 is 0 Å². The Morgan fingerprint density at radius 1 is 0.720 bits per heavy atom. The van der Waals surface area contributed by atoms with Gasteiger partial charge in [0.2, 0.25) is 0 Å². The van der Waals surface area contributed by atoms with Gasteiger partial charge in [-0.2, -0.15) is 0 Å². The zero-order valence-electron chi connectivity index (χ0n) is 15.3. The second-order valence-corrected chi connectivity index (χ2v) is 11.0. The minimum Gasteiger partial charge on any atom is -0.299 e. The Bertz CT molecular complexity index is 695. The molecule has 25 heavy (non-hydrogen) atoms. The van der Waals surface area contributed by atoms with E-state index in [2.05, 4.69) is 0 Å². The summed E-state index contributed by atoms with van der Waals surface area (Å²) in [6.45, 7) is 0. The normalized spacial score (nSPS) is 55.8. The van der Waals surface area contributed by atoms with Crippen LogP contribution in [0.15, 0.2) is 0 Å². The second-order valence-electron chi connectivity index (χ2n) is 11.0. The van der Waals surface area contributed by atoms with Gasteiger partial charge in [0.1, 0.15) is 11.6 Å². The van der Waals surface area contributed by atoms with Crippen LogP contribution >= 0.6 is 0 Å². The zero-order valence-corrected chi connectivity index (χ0v) is 15.3. The summed E-state index contributed by atoms with van der Waals surface area (Å²) < 4.78 is 0. The number of Topliss-reactive ketones (excluding diaryl/α,β-unsaturated/α-hetero) is 2. The molecular weight excluding hydrogens is 308 g/mol. The van der Waals surface area contributed by atoms with E-state index in [4.69, 9.17) is 0 Å². The van der Waals surface area contributed by atoms with Gasteiger partial charge in [0, 0.05) is 22.2 Å². The van der Waals surface area contributed by atoms with E-state index in [9.17, 15) is 9.59 Å². The van der Waals surface area contributed by atoms with Gasteiger partial charge in [-0.3, -0.25) is 9.59 Å². The molecule has 0 heterocycles. The number of ketones is 2. The SMILES string of the molecule is O=C1C2C3C(CC4C3C3(CCCC23)C(=O)C42CCCC2)C12CCCC2. The lowest BCUT2D eigenvalue weighted by Crippen LogP contribution is -2.42. The van der Waals surface area contributed by atoms with Crippen molar-refractivity contribution in [1.82, 2.24) is 0 Å². The Hall–Kier alpha value is -0.660. The second kappa shape index (κ2) is 4.09. The molecular formula is C23H30O2.